The molecule has 2 unspecified atom stereocenters. The zero-order chi connectivity index (χ0) is 15.2. The van der Waals surface area contributed by atoms with Gasteiger partial charge in [-0.3, -0.25) is 0 Å². The van der Waals surface area contributed by atoms with Gasteiger partial charge in [-0.15, -0.1) is 0 Å². The Morgan fingerprint density at radius 1 is 1.20 bits per heavy atom. The molecule has 20 heavy (non-hydrogen) atoms. The van der Waals surface area contributed by atoms with Crippen molar-refractivity contribution < 1.29 is 8.54 Å². The molecule has 0 amide bonds. The molecule has 2 rings (SSSR count). The van der Waals surface area contributed by atoms with Gasteiger partial charge in [0, 0.05) is 0 Å². The summed E-state index contributed by atoms with van der Waals surface area (Å²) in [6.45, 7) is 10.5. The van der Waals surface area contributed by atoms with E-state index in [1.165, 1.54) is 9.15 Å². The van der Waals surface area contributed by atoms with Gasteiger partial charge in [0.1, 0.15) is 0 Å². The van der Waals surface area contributed by atoms with Crippen LogP contribution in [0.5, 0.6) is 0 Å². The third-order valence-corrected chi connectivity index (χ3v) is 9.90. The minimum atomic E-state index is -2.69. The molecule has 0 saturated heterocycles. The summed E-state index contributed by atoms with van der Waals surface area (Å²) < 4.78 is 16.4. The SMILES string of the molecule is CC(C)(O)CC(C1=CC=C(I2([O-])=CC2)CC1)C(C)(C)C. The van der Waals surface area contributed by atoms with E-state index in [2.05, 4.69) is 32.9 Å². The third kappa shape index (κ3) is 4.01. The normalized spacial score (nSPS) is 31.6. The number of alkyl halides is 1. The predicted octanol–water partition coefficient (Wildman–Crippen LogP) is 3.55. The first-order valence-corrected chi connectivity index (χ1v) is 12.1. The molecular formula is C17H28IO2-. The molecule has 2 nitrogen and oxygen atoms in total. The summed E-state index contributed by atoms with van der Waals surface area (Å²) in [6.07, 6.45) is 7.05. The Morgan fingerprint density at radius 3 is 2.15 bits per heavy atom. The van der Waals surface area contributed by atoms with E-state index in [9.17, 15) is 8.54 Å². The van der Waals surface area contributed by atoms with Crippen molar-refractivity contribution in [3.05, 3.63) is 21.3 Å². The van der Waals surface area contributed by atoms with Gasteiger partial charge >= 0.3 is 127 Å². The molecule has 1 aliphatic carbocycles. The van der Waals surface area contributed by atoms with Crippen LogP contribution in [-0.2, 0) is 0 Å². The van der Waals surface area contributed by atoms with E-state index in [-0.39, 0.29) is 5.41 Å². The number of rotatable bonds is 4. The Labute approximate surface area is 127 Å². The first-order chi connectivity index (χ1) is 9.01. The van der Waals surface area contributed by atoms with Crippen LogP contribution in [0.1, 0.15) is 53.9 Å². The zero-order valence-corrected chi connectivity index (χ0v) is 15.5. The van der Waals surface area contributed by atoms with E-state index in [1.54, 1.807) is 0 Å². The van der Waals surface area contributed by atoms with Crippen LogP contribution in [0.4, 0.5) is 0 Å². The fourth-order valence-corrected chi connectivity index (χ4v) is 8.36. The quantitative estimate of drug-likeness (QED) is 0.589. The molecule has 3 heteroatoms. The number of halogens is 1. The predicted molar refractivity (Wildman–Crippen MR) is 94.2 cm³/mol. The summed E-state index contributed by atoms with van der Waals surface area (Å²) in [7, 11) is 0. The van der Waals surface area contributed by atoms with Crippen LogP contribution >= 0.6 is 18.4 Å². The maximum atomic E-state index is 12.3. The van der Waals surface area contributed by atoms with Crippen molar-refractivity contribution in [1.29, 1.82) is 0 Å². The number of aliphatic hydroxyl groups is 1. The summed E-state index contributed by atoms with van der Waals surface area (Å²) >= 11 is -2.69. The monoisotopic (exact) mass is 391 g/mol. The Kier molecular flexibility index (Phi) is 4.36. The van der Waals surface area contributed by atoms with Gasteiger partial charge < -0.3 is 0 Å². The summed E-state index contributed by atoms with van der Waals surface area (Å²) in [5.74, 6) is 0.373. The van der Waals surface area contributed by atoms with Crippen molar-refractivity contribution in [3.8, 4) is 0 Å². The van der Waals surface area contributed by atoms with Crippen molar-refractivity contribution in [2.45, 2.75) is 59.5 Å². The standard InChI is InChI=1S/C17H28IO2/c1-16(2,3)15(12-17(4,5)19)13-6-8-14(9-7-13)18(20)10-11-18/h6,8,10,15,19H,7,9,11-12H2,1-5H3/q-1. The maximum absolute atomic E-state index is 12.3. The first kappa shape index (κ1) is 16.4. The zero-order valence-electron chi connectivity index (χ0n) is 13.4. The molecule has 1 N–H and O–H groups in total. The number of allylic oxidation sites excluding steroid dienone is 4. The van der Waals surface area contributed by atoms with Gasteiger partial charge in [-0.05, 0) is 0 Å². The molecule has 0 radical (unpaired) electrons. The molecule has 0 fully saturated rings. The van der Waals surface area contributed by atoms with Crippen LogP contribution in [0.3, 0.4) is 0 Å². The van der Waals surface area contributed by atoms with E-state index >= 15 is 0 Å². The van der Waals surface area contributed by atoms with Gasteiger partial charge in [0.25, 0.3) is 0 Å². The van der Waals surface area contributed by atoms with Crippen molar-refractivity contribution >= 4 is 22.4 Å². The van der Waals surface area contributed by atoms with Gasteiger partial charge in [-0.2, -0.15) is 0 Å². The second-order valence-corrected chi connectivity index (χ2v) is 14.8. The molecule has 0 aromatic carbocycles. The Bertz CT molecular complexity index is 498. The fraction of sp³-hybridized carbons (Fsp3) is 0.706. The molecular weight excluding hydrogens is 363 g/mol. The average molecular weight is 391 g/mol. The molecule has 0 bridgehead atoms. The molecule has 1 heterocycles. The molecule has 1 aliphatic heterocycles. The summed E-state index contributed by atoms with van der Waals surface area (Å²) in [5, 5.41) is 10.2. The van der Waals surface area contributed by atoms with E-state index in [0.29, 0.717) is 5.92 Å². The van der Waals surface area contributed by atoms with Crippen LogP contribution in [0.15, 0.2) is 21.3 Å². The second kappa shape index (κ2) is 5.33. The second-order valence-electron chi connectivity index (χ2n) is 7.77. The molecule has 0 saturated carbocycles. The van der Waals surface area contributed by atoms with Crippen LogP contribution < -0.4 is 3.44 Å². The van der Waals surface area contributed by atoms with Crippen molar-refractivity contribution in [3.63, 3.8) is 0 Å². The Morgan fingerprint density at radius 2 is 1.80 bits per heavy atom. The fourth-order valence-electron chi connectivity index (χ4n) is 2.93. The van der Waals surface area contributed by atoms with Gasteiger partial charge in [-0.25, -0.2) is 0 Å². The van der Waals surface area contributed by atoms with Crippen LogP contribution in [0.25, 0.3) is 0 Å². The van der Waals surface area contributed by atoms with E-state index in [1.807, 2.05) is 17.9 Å². The summed E-state index contributed by atoms with van der Waals surface area (Å²) in [6, 6.07) is 0. The average Bonchev–Trinajstić information content (AvgIpc) is 3.03. The Balaban J connectivity index is 2.21. The van der Waals surface area contributed by atoms with Crippen LogP contribution in [-0.4, -0.2) is 19.1 Å². The molecule has 0 aromatic heterocycles. The number of hydrogen-bond donors (Lipinski definition) is 1. The van der Waals surface area contributed by atoms with Crippen LogP contribution in [0, 0.1) is 11.3 Å². The van der Waals surface area contributed by atoms with Crippen molar-refractivity contribution in [2.75, 3.05) is 4.43 Å². The summed E-state index contributed by atoms with van der Waals surface area (Å²) in [4.78, 5) is 0. The first-order valence-electron chi connectivity index (χ1n) is 7.42. The third-order valence-electron chi connectivity index (χ3n) is 4.17. The minimum absolute atomic E-state index is 0.138. The van der Waals surface area contributed by atoms with E-state index in [4.69, 9.17) is 0 Å². The molecule has 0 spiro atoms. The topological polar surface area (TPSA) is 43.3 Å². The molecule has 116 valence electrons. The van der Waals surface area contributed by atoms with Crippen molar-refractivity contribution in [1.82, 2.24) is 0 Å². The molecule has 2 aliphatic rings. The van der Waals surface area contributed by atoms with Gasteiger partial charge in [0.2, 0.25) is 0 Å². The van der Waals surface area contributed by atoms with Crippen molar-refractivity contribution in [2.24, 2.45) is 11.3 Å². The van der Waals surface area contributed by atoms with Gasteiger partial charge in [-0.1, -0.05) is 0 Å². The Hall–Kier alpha value is -0.0000000000000000833. The van der Waals surface area contributed by atoms with E-state index < -0.39 is 24.0 Å². The van der Waals surface area contributed by atoms with Gasteiger partial charge in [0.15, 0.2) is 0 Å². The molecule has 0 aromatic rings. The van der Waals surface area contributed by atoms with E-state index in [0.717, 1.165) is 23.7 Å². The summed E-state index contributed by atoms with van der Waals surface area (Å²) in [5.41, 5.74) is 0.900. The van der Waals surface area contributed by atoms with Gasteiger partial charge in [0.05, 0.1) is 0 Å². The molecule has 2 atom stereocenters. The number of hydrogen-bond acceptors (Lipinski definition) is 2. The van der Waals surface area contributed by atoms with Crippen LogP contribution in [0.2, 0.25) is 0 Å².